The van der Waals surface area contributed by atoms with Gasteiger partial charge in [0.2, 0.25) is 0 Å². The van der Waals surface area contributed by atoms with Crippen LogP contribution in [0, 0.1) is 5.82 Å². The number of pyridine rings is 2. The average Bonchev–Trinajstić information content (AvgIpc) is 2.30. The molecule has 0 aliphatic carbocycles. The van der Waals surface area contributed by atoms with Crippen LogP contribution in [0.4, 0.5) is 10.2 Å². The summed E-state index contributed by atoms with van der Waals surface area (Å²) in [6.45, 7) is 0. The molecule has 0 radical (unpaired) electrons. The lowest BCUT2D eigenvalue weighted by atomic mass is 10.1. The van der Waals surface area contributed by atoms with E-state index in [2.05, 4.69) is 9.97 Å². The summed E-state index contributed by atoms with van der Waals surface area (Å²) in [6, 6.07) is 5.96. The lowest BCUT2D eigenvalue weighted by Gasteiger charge is -2.11. The van der Waals surface area contributed by atoms with Crippen LogP contribution in [-0.2, 0) is 0 Å². The number of halogens is 1. The van der Waals surface area contributed by atoms with E-state index in [4.69, 9.17) is 5.73 Å². The highest BCUT2D eigenvalue weighted by atomic mass is 19.1. The molecule has 2 aromatic heterocycles. The maximum Gasteiger partial charge on any atom is 0.141 e. The molecule has 5 heteroatoms. The van der Waals surface area contributed by atoms with Crippen LogP contribution in [0.5, 0.6) is 0 Å². The number of anilines is 1. The molecule has 0 aliphatic heterocycles. The van der Waals surface area contributed by atoms with Gasteiger partial charge in [0, 0.05) is 11.8 Å². The standard InChI is InChI=1S/C11H10FN3O/c12-7-3-4-9(15-6-7)10(16)8-2-1-5-14-11(8)13/h1-6,10,16H,(H2,13,14). The Balaban J connectivity index is 2.35. The van der Waals surface area contributed by atoms with Crippen molar-refractivity contribution in [1.82, 2.24) is 9.97 Å². The van der Waals surface area contributed by atoms with Crippen molar-refractivity contribution in [1.29, 1.82) is 0 Å². The van der Waals surface area contributed by atoms with Gasteiger partial charge >= 0.3 is 0 Å². The summed E-state index contributed by atoms with van der Waals surface area (Å²) in [4.78, 5) is 7.65. The van der Waals surface area contributed by atoms with Gasteiger partial charge in [-0.3, -0.25) is 4.98 Å². The maximum atomic E-state index is 12.7. The van der Waals surface area contributed by atoms with Gasteiger partial charge in [0.15, 0.2) is 0 Å². The summed E-state index contributed by atoms with van der Waals surface area (Å²) in [5.41, 5.74) is 6.41. The lowest BCUT2D eigenvalue weighted by molar-refractivity contribution is 0.215. The highest BCUT2D eigenvalue weighted by molar-refractivity contribution is 5.42. The third-order valence-electron chi connectivity index (χ3n) is 2.20. The molecule has 82 valence electrons. The Hall–Kier alpha value is -2.01. The summed E-state index contributed by atoms with van der Waals surface area (Å²) >= 11 is 0. The highest BCUT2D eigenvalue weighted by Gasteiger charge is 2.14. The van der Waals surface area contributed by atoms with Crippen molar-refractivity contribution >= 4 is 5.82 Å². The molecule has 3 N–H and O–H groups in total. The fourth-order valence-electron chi connectivity index (χ4n) is 1.37. The van der Waals surface area contributed by atoms with Crippen molar-refractivity contribution in [2.45, 2.75) is 6.10 Å². The van der Waals surface area contributed by atoms with Gasteiger partial charge in [-0.15, -0.1) is 0 Å². The number of aliphatic hydroxyl groups excluding tert-OH is 1. The van der Waals surface area contributed by atoms with E-state index in [0.717, 1.165) is 6.20 Å². The van der Waals surface area contributed by atoms with Crippen LogP contribution < -0.4 is 5.73 Å². The van der Waals surface area contributed by atoms with Crippen LogP contribution in [-0.4, -0.2) is 15.1 Å². The van der Waals surface area contributed by atoms with E-state index in [9.17, 15) is 9.50 Å². The van der Waals surface area contributed by atoms with Gasteiger partial charge in [0.25, 0.3) is 0 Å². The molecule has 2 rings (SSSR count). The molecule has 1 unspecified atom stereocenters. The molecule has 4 nitrogen and oxygen atoms in total. The number of nitrogens with zero attached hydrogens (tertiary/aromatic N) is 2. The molecule has 1 atom stereocenters. The van der Waals surface area contributed by atoms with Gasteiger partial charge in [0.1, 0.15) is 17.7 Å². The van der Waals surface area contributed by atoms with E-state index in [1.165, 1.54) is 18.3 Å². The van der Waals surface area contributed by atoms with Gasteiger partial charge in [-0.2, -0.15) is 0 Å². The number of aromatic nitrogens is 2. The van der Waals surface area contributed by atoms with Gasteiger partial charge in [0.05, 0.1) is 11.9 Å². The Bertz CT molecular complexity index is 487. The SMILES string of the molecule is Nc1ncccc1C(O)c1ccc(F)cn1. The number of aliphatic hydroxyl groups is 1. The quantitative estimate of drug-likeness (QED) is 0.798. The molecule has 0 aromatic carbocycles. The Kier molecular flexibility index (Phi) is 2.78. The predicted octanol–water partition coefficient (Wildman–Crippen LogP) is 1.28. The second-order valence-electron chi connectivity index (χ2n) is 3.28. The molecule has 0 aliphatic rings. The topological polar surface area (TPSA) is 72.0 Å². The molecule has 2 heterocycles. The van der Waals surface area contributed by atoms with Crippen molar-refractivity contribution in [3.05, 3.63) is 53.7 Å². The number of hydrogen-bond donors (Lipinski definition) is 2. The molecule has 2 aromatic rings. The first-order valence-corrected chi connectivity index (χ1v) is 4.68. The smallest absolute Gasteiger partial charge is 0.141 e. The first kappa shape index (κ1) is 10.5. The normalized spacial score (nSPS) is 12.4. The molecule has 0 saturated carbocycles. The van der Waals surface area contributed by atoms with Gasteiger partial charge in [-0.05, 0) is 18.2 Å². The van der Waals surface area contributed by atoms with Crippen molar-refractivity contribution in [2.24, 2.45) is 0 Å². The van der Waals surface area contributed by atoms with Crippen LogP contribution in [0.1, 0.15) is 17.4 Å². The minimum absolute atomic E-state index is 0.237. The fourth-order valence-corrected chi connectivity index (χ4v) is 1.37. The number of rotatable bonds is 2. The zero-order chi connectivity index (χ0) is 11.5. The molecular weight excluding hydrogens is 209 g/mol. The third-order valence-corrected chi connectivity index (χ3v) is 2.20. The molecule has 0 spiro atoms. The van der Waals surface area contributed by atoms with Crippen molar-refractivity contribution in [3.8, 4) is 0 Å². The van der Waals surface area contributed by atoms with Crippen LogP contribution in [0.3, 0.4) is 0 Å². The highest BCUT2D eigenvalue weighted by Crippen LogP contribution is 2.23. The average molecular weight is 219 g/mol. The van der Waals surface area contributed by atoms with Crippen LogP contribution >= 0.6 is 0 Å². The third kappa shape index (κ3) is 1.99. The summed E-state index contributed by atoms with van der Waals surface area (Å²) in [7, 11) is 0. The maximum absolute atomic E-state index is 12.7. The van der Waals surface area contributed by atoms with Crippen LogP contribution in [0.2, 0.25) is 0 Å². The van der Waals surface area contributed by atoms with Crippen LogP contribution in [0.25, 0.3) is 0 Å². The van der Waals surface area contributed by atoms with Gasteiger partial charge < -0.3 is 10.8 Å². The first-order chi connectivity index (χ1) is 7.68. The Morgan fingerprint density at radius 1 is 1.25 bits per heavy atom. The number of hydrogen-bond acceptors (Lipinski definition) is 4. The van der Waals surface area contributed by atoms with E-state index in [1.54, 1.807) is 12.1 Å². The monoisotopic (exact) mass is 219 g/mol. The zero-order valence-corrected chi connectivity index (χ0v) is 8.34. The van der Waals surface area contributed by atoms with Crippen LogP contribution in [0.15, 0.2) is 36.7 Å². The second kappa shape index (κ2) is 4.24. The lowest BCUT2D eigenvalue weighted by Crippen LogP contribution is -2.06. The van der Waals surface area contributed by atoms with Crippen molar-refractivity contribution in [2.75, 3.05) is 5.73 Å². The second-order valence-corrected chi connectivity index (χ2v) is 3.28. The molecule has 0 bridgehead atoms. The Labute approximate surface area is 91.6 Å². The molecule has 0 fully saturated rings. The largest absolute Gasteiger partial charge is 0.383 e. The first-order valence-electron chi connectivity index (χ1n) is 4.68. The number of nitrogens with two attached hydrogens (primary N) is 1. The molecule has 0 saturated heterocycles. The minimum atomic E-state index is -0.991. The minimum Gasteiger partial charge on any atom is -0.383 e. The van der Waals surface area contributed by atoms with Gasteiger partial charge in [-0.1, -0.05) is 6.07 Å². The van der Waals surface area contributed by atoms with Crippen molar-refractivity contribution in [3.63, 3.8) is 0 Å². The molecular formula is C11H10FN3O. The number of nitrogen functional groups attached to an aromatic ring is 1. The zero-order valence-electron chi connectivity index (χ0n) is 8.34. The van der Waals surface area contributed by atoms with E-state index in [-0.39, 0.29) is 5.82 Å². The molecule has 0 amide bonds. The van der Waals surface area contributed by atoms with E-state index in [1.807, 2.05) is 0 Å². The van der Waals surface area contributed by atoms with Crippen molar-refractivity contribution < 1.29 is 9.50 Å². The summed E-state index contributed by atoms with van der Waals surface area (Å²) in [6.07, 6.45) is 1.59. The van der Waals surface area contributed by atoms with Gasteiger partial charge in [-0.25, -0.2) is 9.37 Å². The van der Waals surface area contributed by atoms with E-state index >= 15 is 0 Å². The Morgan fingerprint density at radius 3 is 2.69 bits per heavy atom. The Morgan fingerprint density at radius 2 is 2.06 bits per heavy atom. The summed E-state index contributed by atoms with van der Waals surface area (Å²) < 4.78 is 12.7. The predicted molar refractivity (Wildman–Crippen MR) is 56.9 cm³/mol. The van der Waals surface area contributed by atoms with E-state index < -0.39 is 11.9 Å². The van der Waals surface area contributed by atoms with E-state index in [0.29, 0.717) is 11.3 Å². The fraction of sp³-hybridized carbons (Fsp3) is 0.0909. The molecule has 16 heavy (non-hydrogen) atoms. The summed E-state index contributed by atoms with van der Waals surface area (Å²) in [5.74, 6) is -0.212. The summed E-state index contributed by atoms with van der Waals surface area (Å²) in [5, 5.41) is 9.96.